The Bertz CT molecular complexity index is 391. The number of phenolic OH excluding ortho intramolecular Hbond substituents is 1. The Labute approximate surface area is 113 Å². The van der Waals surface area contributed by atoms with Crippen molar-refractivity contribution in [1.82, 2.24) is 0 Å². The molecule has 0 saturated carbocycles. The van der Waals surface area contributed by atoms with E-state index in [0.29, 0.717) is 5.75 Å². The molecule has 2 nitrogen and oxygen atoms in total. The fraction of sp³-hybridized carbons (Fsp3) is 0.429. The average Bonchev–Trinajstić information content (AvgIpc) is 2.30. The van der Waals surface area contributed by atoms with Gasteiger partial charge in [0, 0.05) is 0 Å². The van der Waals surface area contributed by atoms with Gasteiger partial charge in [-0.2, -0.15) is 0 Å². The summed E-state index contributed by atoms with van der Waals surface area (Å²) in [5.74, 6) is 0.409. The number of aromatic hydroxyl groups is 1. The average molecular weight is 281 g/mol. The molecule has 0 bridgehead atoms. The van der Waals surface area contributed by atoms with E-state index in [1.807, 2.05) is 23.9 Å². The van der Waals surface area contributed by atoms with Gasteiger partial charge in [0.15, 0.2) is 17.4 Å². The highest BCUT2D eigenvalue weighted by Crippen LogP contribution is 2.21. The molecule has 18 heavy (non-hydrogen) atoms. The van der Waals surface area contributed by atoms with Crippen LogP contribution in [0.3, 0.4) is 0 Å². The number of aryl methyl sites for hydroxylation is 1. The molecule has 0 saturated heterocycles. The Kier molecular flexibility index (Phi) is 5.85. The molecule has 0 radical (unpaired) electrons. The van der Waals surface area contributed by atoms with Gasteiger partial charge in [-0.15, -0.1) is 6.58 Å². The van der Waals surface area contributed by atoms with Gasteiger partial charge in [0.05, 0.1) is 0 Å². The minimum Gasteiger partial charge on any atom is -0.508 e. The van der Waals surface area contributed by atoms with Crippen LogP contribution in [0.15, 0.2) is 36.5 Å². The number of hydrogen-bond donors (Lipinski definition) is 1. The maximum absolute atomic E-state index is 9.70. The van der Waals surface area contributed by atoms with E-state index in [-0.39, 0.29) is 0 Å². The molecular weight excluding hydrogens is 256 g/mol. The highest BCUT2D eigenvalue weighted by Gasteiger charge is 2.23. The maximum Gasteiger partial charge on any atom is 0.184 e. The molecule has 0 aliphatic rings. The number of phenols is 1. The van der Waals surface area contributed by atoms with E-state index in [0.717, 1.165) is 24.4 Å². The lowest BCUT2D eigenvalue weighted by atomic mass is 10.1. The standard InChI is InChI=1S/C14H24O2Si2/c1-5-17(2)16-18(3,4)12-8-10-13-9-6-7-11-14(13)15/h5-7,9,11,15,17H,1,8,10,12H2,2-4H3. The van der Waals surface area contributed by atoms with Gasteiger partial charge in [0.2, 0.25) is 0 Å². The van der Waals surface area contributed by atoms with Crippen molar-refractivity contribution in [2.24, 2.45) is 0 Å². The summed E-state index contributed by atoms with van der Waals surface area (Å²) in [6, 6.07) is 8.71. The lowest BCUT2D eigenvalue weighted by Crippen LogP contribution is -2.35. The number of para-hydroxylation sites is 1. The van der Waals surface area contributed by atoms with Crippen LogP contribution in [0.25, 0.3) is 0 Å². The van der Waals surface area contributed by atoms with Crippen LogP contribution in [0.1, 0.15) is 12.0 Å². The fourth-order valence-electron chi connectivity index (χ4n) is 2.04. The van der Waals surface area contributed by atoms with Crippen LogP contribution in [0.2, 0.25) is 25.7 Å². The largest absolute Gasteiger partial charge is 0.508 e. The van der Waals surface area contributed by atoms with Gasteiger partial charge < -0.3 is 9.22 Å². The van der Waals surface area contributed by atoms with Gasteiger partial charge in [-0.3, -0.25) is 0 Å². The Hall–Kier alpha value is -0.846. The smallest absolute Gasteiger partial charge is 0.184 e. The van der Waals surface area contributed by atoms with E-state index in [4.69, 9.17) is 4.12 Å². The molecule has 1 atom stereocenters. The third kappa shape index (κ3) is 5.20. The first-order valence-electron chi connectivity index (χ1n) is 6.52. The van der Waals surface area contributed by atoms with Crippen molar-refractivity contribution < 1.29 is 9.22 Å². The topological polar surface area (TPSA) is 29.5 Å². The van der Waals surface area contributed by atoms with E-state index in [1.54, 1.807) is 6.07 Å². The van der Waals surface area contributed by atoms with Crippen LogP contribution in [0.4, 0.5) is 0 Å². The molecule has 4 heteroatoms. The molecule has 0 aliphatic heterocycles. The van der Waals surface area contributed by atoms with E-state index >= 15 is 0 Å². The fourth-order valence-corrected chi connectivity index (χ4v) is 7.95. The van der Waals surface area contributed by atoms with Crippen molar-refractivity contribution in [3.05, 3.63) is 42.1 Å². The van der Waals surface area contributed by atoms with Crippen molar-refractivity contribution in [3.63, 3.8) is 0 Å². The monoisotopic (exact) mass is 280 g/mol. The highest BCUT2D eigenvalue weighted by molar-refractivity contribution is 6.79. The molecular formula is C14H24O2Si2. The van der Waals surface area contributed by atoms with Crippen LogP contribution < -0.4 is 0 Å². The van der Waals surface area contributed by atoms with E-state index in [1.165, 1.54) is 0 Å². The Balaban J connectivity index is 2.41. The van der Waals surface area contributed by atoms with E-state index < -0.39 is 17.4 Å². The molecule has 1 rings (SSSR count). The molecule has 0 aromatic heterocycles. The molecule has 100 valence electrons. The first-order valence-corrected chi connectivity index (χ1v) is 11.9. The third-order valence-electron chi connectivity index (χ3n) is 3.05. The van der Waals surface area contributed by atoms with Gasteiger partial charge in [-0.05, 0) is 50.2 Å². The summed E-state index contributed by atoms with van der Waals surface area (Å²) in [7, 11) is -2.71. The summed E-state index contributed by atoms with van der Waals surface area (Å²) < 4.78 is 6.15. The van der Waals surface area contributed by atoms with Crippen molar-refractivity contribution in [1.29, 1.82) is 0 Å². The lowest BCUT2D eigenvalue weighted by molar-refractivity contribution is 0.467. The second kappa shape index (κ2) is 6.92. The van der Waals surface area contributed by atoms with Gasteiger partial charge in [0.1, 0.15) is 5.75 Å². The normalized spacial score (nSPS) is 13.3. The third-order valence-corrected chi connectivity index (χ3v) is 9.31. The first-order chi connectivity index (χ1) is 8.44. The minimum atomic E-state index is -1.55. The van der Waals surface area contributed by atoms with Gasteiger partial charge in [0.25, 0.3) is 0 Å². The van der Waals surface area contributed by atoms with E-state index in [2.05, 4.69) is 26.2 Å². The zero-order chi connectivity index (χ0) is 13.6. The van der Waals surface area contributed by atoms with Gasteiger partial charge in [-0.1, -0.05) is 23.9 Å². The van der Waals surface area contributed by atoms with Crippen molar-refractivity contribution >= 4 is 17.4 Å². The second-order valence-corrected chi connectivity index (χ2v) is 12.1. The quantitative estimate of drug-likeness (QED) is 0.773. The zero-order valence-electron chi connectivity index (χ0n) is 11.6. The minimum absolute atomic E-state index is 0.409. The highest BCUT2D eigenvalue weighted by atomic mass is 28.4. The summed E-state index contributed by atoms with van der Waals surface area (Å²) in [5, 5.41) is 9.70. The summed E-state index contributed by atoms with van der Waals surface area (Å²) in [5.41, 5.74) is 3.02. The zero-order valence-corrected chi connectivity index (χ0v) is 13.8. The van der Waals surface area contributed by atoms with Gasteiger partial charge >= 0.3 is 0 Å². The lowest BCUT2D eigenvalue weighted by Gasteiger charge is -2.26. The van der Waals surface area contributed by atoms with Crippen LogP contribution in [-0.2, 0) is 10.5 Å². The summed E-state index contributed by atoms with van der Waals surface area (Å²) >= 11 is 0. The van der Waals surface area contributed by atoms with Crippen molar-refractivity contribution in [2.45, 2.75) is 38.5 Å². The Morgan fingerprint density at radius 1 is 1.39 bits per heavy atom. The Morgan fingerprint density at radius 2 is 2.06 bits per heavy atom. The SMILES string of the molecule is C=C[SiH](C)O[Si](C)(C)CCCc1ccccc1O. The van der Waals surface area contributed by atoms with Crippen LogP contribution >= 0.6 is 0 Å². The molecule has 0 spiro atoms. The van der Waals surface area contributed by atoms with Crippen molar-refractivity contribution in [3.8, 4) is 5.75 Å². The van der Waals surface area contributed by atoms with Gasteiger partial charge in [-0.25, -0.2) is 0 Å². The Morgan fingerprint density at radius 3 is 2.67 bits per heavy atom. The molecule has 0 aliphatic carbocycles. The predicted molar refractivity (Wildman–Crippen MR) is 83.0 cm³/mol. The van der Waals surface area contributed by atoms with Crippen molar-refractivity contribution in [2.75, 3.05) is 0 Å². The molecule has 1 aromatic rings. The van der Waals surface area contributed by atoms with E-state index in [9.17, 15) is 5.11 Å². The summed E-state index contributed by atoms with van der Waals surface area (Å²) in [4.78, 5) is 0. The maximum atomic E-state index is 9.70. The summed E-state index contributed by atoms with van der Waals surface area (Å²) in [6.45, 7) is 10.5. The summed E-state index contributed by atoms with van der Waals surface area (Å²) in [6.07, 6.45) is 2.01. The molecule has 1 unspecified atom stereocenters. The van der Waals surface area contributed by atoms with Crippen LogP contribution in [0, 0.1) is 0 Å². The number of rotatable bonds is 7. The number of benzene rings is 1. The van der Waals surface area contributed by atoms with Crippen LogP contribution in [0.5, 0.6) is 5.75 Å². The molecule has 1 N–H and O–H groups in total. The molecule has 0 heterocycles. The van der Waals surface area contributed by atoms with Crippen LogP contribution in [-0.4, -0.2) is 22.5 Å². The molecule has 1 aromatic carbocycles. The molecule has 0 amide bonds. The number of hydrogen-bond acceptors (Lipinski definition) is 2. The molecule has 0 fully saturated rings. The second-order valence-electron chi connectivity index (χ2n) is 5.30. The first kappa shape index (κ1) is 15.2. The predicted octanol–water partition coefficient (Wildman–Crippen LogP) is 3.63.